The van der Waals surface area contributed by atoms with Gasteiger partial charge in [0.25, 0.3) is 6.71 Å². The van der Waals surface area contributed by atoms with Gasteiger partial charge in [0.15, 0.2) is 0 Å². The monoisotopic (exact) mass is 883 g/mol. The molecule has 0 unspecified atom stereocenters. The van der Waals surface area contributed by atoms with Crippen LogP contribution in [-0.2, 0) is 32.5 Å². The molecule has 0 spiro atoms. The van der Waals surface area contributed by atoms with Crippen molar-refractivity contribution < 1.29 is 4.42 Å². The van der Waals surface area contributed by atoms with E-state index in [-0.39, 0.29) is 39.2 Å². The number of hydrogen-bond donors (Lipinski definition) is 0. The van der Waals surface area contributed by atoms with E-state index in [1.54, 1.807) is 0 Å². The fraction of sp³-hybridized carbons (Fsp3) is 0.397. The van der Waals surface area contributed by atoms with Gasteiger partial charge in [0.05, 0.1) is 17.0 Å². The van der Waals surface area contributed by atoms with Gasteiger partial charge in [0, 0.05) is 33.7 Å². The van der Waals surface area contributed by atoms with Crippen molar-refractivity contribution in [2.24, 2.45) is 0 Å². The Morgan fingerprint density at radius 3 is 1.72 bits per heavy atom. The molecule has 4 heteroatoms. The Kier molecular flexibility index (Phi) is 9.39. The normalized spacial score (nSPS) is 18.5. The molecule has 3 heterocycles. The summed E-state index contributed by atoms with van der Waals surface area (Å²) in [5.74, 6) is 0. The maximum Gasteiger partial charge on any atom is 0.297 e. The standard InChI is InChI=1S/C63H71BN2O/c1-38-33-50-54-51(34-38)66(49-28-23-41(59(5,6)7)35-43(49)39-19-17-16-18-20-39)55-44-36-46-47(62(12,13)30-29-61(46,10)11)37-52(44)67-57(55)64(54)48-27-26-45-53(63(14,15)32-31-60(45,8)9)56(48)65(50)42-24-21-40(22-25-42)58(2,3)4/h16-28,33-37H,29-32H2,1-15H3. The molecule has 0 N–H and O–H groups in total. The summed E-state index contributed by atoms with van der Waals surface area (Å²) >= 11 is 0. The zero-order chi connectivity index (χ0) is 47.5. The molecule has 6 aromatic carbocycles. The van der Waals surface area contributed by atoms with Crippen LogP contribution in [0, 0.1) is 6.92 Å². The van der Waals surface area contributed by atoms with Gasteiger partial charge >= 0.3 is 0 Å². The Morgan fingerprint density at radius 1 is 0.522 bits per heavy atom. The van der Waals surface area contributed by atoms with Crippen LogP contribution >= 0.6 is 0 Å². The summed E-state index contributed by atoms with van der Waals surface area (Å²) in [6.07, 6.45) is 4.59. The summed E-state index contributed by atoms with van der Waals surface area (Å²) in [5, 5.41) is 1.20. The van der Waals surface area contributed by atoms with Crippen LogP contribution in [0.5, 0.6) is 0 Å². The minimum absolute atomic E-state index is 0.0310. The molecule has 1 aromatic heterocycles. The van der Waals surface area contributed by atoms with E-state index in [0.29, 0.717) is 0 Å². The first kappa shape index (κ1) is 44.1. The van der Waals surface area contributed by atoms with E-state index in [2.05, 4.69) is 223 Å². The molecule has 0 saturated carbocycles. The van der Waals surface area contributed by atoms with Crippen molar-refractivity contribution in [3.8, 4) is 11.1 Å². The topological polar surface area (TPSA) is 19.6 Å². The fourth-order valence-electron chi connectivity index (χ4n) is 12.6. The second kappa shape index (κ2) is 14.3. The molecule has 4 aliphatic rings. The second-order valence-corrected chi connectivity index (χ2v) is 25.6. The van der Waals surface area contributed by atoms with Gasteiger partial charge in [-0.3, -0.25) is 0 Å². The van der Waals surface area contributed by atoms with Gasteiger partial charge < -0.3 is 14.2 Å². The summed E-state index contributed by atoms with van der Waals surface area (Å²) in [4.78, 5) is 5.30. The number of hydrogen-bond acceptors (Lipinski definition) is 3. The number of fused-ring (bicyclic) bond motifs is 9. The first-order valence-corrected chi connectivity index (χ1v) is 25.2. The van der Waals surface area contributed by atoms with E-state index < -0.39 is 0 Å². The zero-order valence-corrected chi connectivity index (χ0v) is 43.1. The highest BCUT2D eigenvalue weighted by Gasteiger charge is 2.51. The number of rotatable bonds is 3. The molecule has 0 atom stereocenters. The van der Waals surface area contributed by atoms with Crippen LogP contribution in [0.25, 0.3) is 22.1 Å². The Hall–Kier alpha value is -5.48. The lowest BCUT2D eigenvalue weighted by atomic mass is 9.35. The number of nitrogens with zero attached hydrogens (tertiary/aromatic N) is 2. The second-order valence-electron chi connectivity index (χ2n) is 25.6. The molecule has 67 heavy (non-hydrogen) atoms. The highest BCUT2D eigenvalue weighted by Crippen LogP contribution is 2.56. The average Bonchev–Trinajstić information content (AvgIpc) is 3.64. The van der Waals surface area contributed by atoms with E-state index in [1.807, 2.05) is 0 Å². The third-order valence-corrected chi connectivity index (χ3v) is 16.9. The van der Waals surface area contributed by atoms with E-state index >= 15 is 0 Å². The van der Waals surface area contributed by atoms with Gasteiger partial charge in [-0.2, -0.15) is 0 Å². The minimum atomic E-state index is -0.123. The Morgan fingerprint density at radius 2 is 1.09 bits per heavy atom. The molecule has 342 valence electrons. The summed E-state index contributed by atoms with van der Waals surface area (Å²) in [6, 6.07) is 42.8. The molecule has 2 aliphatic carbocycles. The van der Waals surface area contributed by atoms with Crippen LogP contribution in [0.15, 0.2) is 114 Å². The lowest BCUT2D eigenvalue weighted by Crippen LogP contribution is -2.61. The van der Waals surface area contributed by atoms with Gasteiger partial charge in [-0.1, -0.05) is 158 Å². The van der Waals surface area contributed by atoms with Crippen LogP contribution in [0.3, 0.4) is 0 Å². The molecule has 0 radical (unpaired) electrons. The van der Waals surface area contributed by atoms with Crippen molar-refractivity contribution in [1.29, 1.82) is 0 Å². The summed E-state index contributed by atoms with van der Waals surface area (Å²) < 4.78 is 7.70. The summed E-state index contributed by atoms with van der Waals surface area (Å²) in [6.45, 7) is 35.8. The number of benzene rings is 6. The smallest absolute Gasteiger partial charge is 0.297 e. The van der Waals surface area contributed by atoms with Crippen molar-refractivity contribution >= 4 is 68.4 Å². The lowest BCUT2D eigenvalue weighted by Gasteiger charge is -2.49. The van der Waals surface area contributed by atoms with Crippen LogP contribution < -0.4 is 26.4 Å². The first-order valence-electron chi connectivity index (χ1n) is 25.2. The van der Waals surface area contributed by atoms with Crippen molar-refractivity contribution in [2.75, 3.05) is 9.80 Å². The molecule has 3 nitrogen and oxygen atoms in total. The van der Waals surface area contributed by atoms with E-state index in [4.69, 9.17) is 4.42 Å². The van der Waals surface area contributed by atoms with Crippen LogP contribution in [-0.4, -0.2) is 6.71 Å². The maximum atomic E-state index is 7.70. The molecule has 0 amide bonds. The Balaban J connectivity index is 1.30. The third kappa shape index (κ3) is 6.65. The minimum Gasteiger partial charge on any atom is -0.468 e. The van der Waals surface area contributed by atoms with E-state index in [9.17, 15) is 0 Å². The number of anilines is 6. The van der Waals surface area contributed by atoms with Crippen molar-refractivity contribution in [3.05, 3.63) is 148 Å². The quantitative estimate of drug-likeness (QED) is 0.165. The molecular formula is C63H71BN2O. The molecule has 0 saturated heterocycles. The van der Waals surface area contributed by atoms with Crippen molar-refractivity contribution in [3.63, 3.8) is 0 Å². The predicted octanol–water partition coefficient (Wildman–Crippen LogP) is 15.8. The van der Waals surface area contributed by atoms with Gasteiger partial charge in [-0.25, -0.2) is 0 Å². The maximum absolute atomic E-state index is 7.70. The van der Waals surface area contributed by atoms with Crippen LogP contribution in [0.4, 0.5) is 34.1 Å². The molecule has 0 bridgehead atoms. The van der Waals surface area contributed by atoms with E-state index in [0.717, 1.165) is 36.9 Å². The molecule has 0 fully saturated rings. The summed E-state index contributed by atoms with van der Waals surface area (Å²) in [7, 11) is 0. The predicted molar refractivity (Wildman–Crippen MR) is 288 cm³/mol. The van der Waals surface area contributed by atoms with Crippen LogP contribution in [0.1, 0.15) is 162 Å². The van der Waals surface area contributed by atoms with Crippen molar-refractivity contribution in [2.45, 2.75) is 162 Å². The fourth-order valence-corrected chi connectivity index (χ4v) is 12.6. The Labute approximate surface area is 402 Å². The molecule has 11 rings (SSSR count). The molecule has 2 aliphatic heterocycles. The number of aryl methyl sites for hydroxylation is 1. The van der Waals surface area contributed by atoms with Crippen LogP contribution in [0.2, 0.25) is 0 Å². The van der Waals surface area contributed by atoms with Gasteiger partial charge in [0.2, 0.25) is 0 Å². The first-order chi connectivity index (χ1) is 31.4. The average molecular weight is 883 g/mol. The highest BCUT2D eigenvalue weighted by atomic mass is 16.3. The number of furan rings is 1. The zero-order valence-electron chi connectivity index (χ0n) is 43.1. The SMILES string of the molecule is Cc1cc2c3c(c1)N(c1ccc(C(C)(C)C)cc1-c1ccccc1)c1c(oc4cc5c(cc14)C(C)(C)CCC5(C)C)B3c1ccc3c(c1N2c1ccc(C(C)(C)C)cc1)C(C)(C)CCC3(C)C. The third-order valence-electron chi connectivity index (χ3n) is 16.9. The molecule has 7 aromatic rings. The van der Waals surface area contributed by atoms with E-state index in [1.165, 1.54) is 101 Å². The van der Waals surface area contributed by atoms with Gasteiger partial charge in [-0.15, -0.1) is 0 Å². The highest BCUT2D eigenvalue weighted by molar-refractivity contribution is 7.00. The van der Waals surface area contributed by atoms with Crippen molar-refractivity contribution in [1.82, 2.24) is 0 Å². The Bertz CT molecular complexity index is 3160. The molecular weight excluding hydrogens is 812 g/mol. The van der Waals surface area contributed by atoms with Gasteiger partial charge in [-0.05, 0) is 169 Å². The largest absolute Gasteiger partial charge is 0.468 e. The summed E-state index contributed by atoms with van der Waals surface area (Å²) in [5.41, 5.74) is 24.3. The lowest BCUT2D eigenvalue weighted by molar-refractivity contribution is 0.332. The van der Waals surface area contributed by atoms with Gasteiger partial charge in [0.1, 0.15) is 5.58 Å².